The van der Waals surface area contributed by atoms with Gasteiger partial charge in [-0.15, -0.1) is 0 Å². The summed E-state index contributed by atoms with van der Waals surface area (Å²) < 4.78 is 0. The first kappa shape index (κ1) is 12.7. The van der Waals surface area contributed by atoms with E-state index in [1.807, 2.05) is 0 Å². The predicted octanol–water partition coefficient (Wildman–Crippen LogP) is 0.0873. The molecule has 4 N–H and O–H groups in total. The lowest BCUT2D eigenvalue weighted by Crippen LogP contribution is -2.25. The van der Waals surface area contributed by atoms with Gasteiger partial charge in [-0.05, 0) is 6.07 Å². The van der Waals surface area contributed by atoms with Crippen LogP contribution in [0.2, 0.25) is 0 Å². The number of primary amides is 1. The molecular formula is C11H13N3O3. The van der Waals surface area contributed by atoms with Crippen molar-refractivity contribution < 1.29 is 14.7 Å². The highest BCUT2D eigenvalue weighted by molar-refractivity contribution is 6.46. The predicted molar refractivity (Wildman–Crippen MR) is 64.2 cm³/mol. The summed E-state index contributed by atoms with van der Waals surface area (Å²) in [7, 11) is 1.45. The molecule has 1 rings (SSSR count). The Balaban J connectivity index is 3.07. The summed E-state index contributed by atoms with van der Waals surface area (Å²) in [5.41, 5.74) is 6.30. The first-order valence-corrected chi connectivity index (χ1v) is 4.88. The maximum Gasteiger partial charge on any atom is 0.322 e. The zero-order valence-corrected chi connectivity index (χ0v) is 9.30. The van der Waals surface area contributed by atoms with E-state index in [2.05, 4.69) is 10.3 Å². The number of anilines is 1. The van der Waals surface area contributed by atoms with E-state index in [0.29, 0.717) is 11.3 Å². The van der Waals surface area contributed by atoms with Crippen molar-refractivity contribution in [3.05, 3.63) is 29.8 Å². The molecular weight excluding hydrogens is 222 g/mol. The zero-order valence-electron chi connectivity index (χ0n) is 9.30. The van der Waals surface area contributed by atoms with Gasteiger partial charge in [-0.25, -0.2) is 0 Å². The Hall–Kier alpha value is -2.37. The summed E-state index contributed by atoms with van der Waals surface area (Å²) in [5, 5.41) is 11.3. The van der Waals surface area contributed by atoms with Crippen molar-refractivity contribution in [1.82, 2.24) is 0 Å². The molecule has 0 fully saturated rings. The van der Waals surface area contributed by atoms with Gasteiger partial charge in [0.15, 0.2) is 0 Å². The fourth-order valence-corrected chi connectivity index (χ4v) is 1.38. The van der Waals surface area contributed by atoms with E-state index in [1.165, 1.54) is 7.05 Å². The topological polar surface area (TPSA) is 105 Å². The molecule has 0 aliphatic carbocycles. The number of rotatable bonds is 5. The number of aliphatic carboxylic acids is 1. The van der Waals surface area contributed by atoms with Crippen LogP contribution in [-0.4, -0.2) is 36.3 Å². The van der Waals surface area contributed by atoms with Crippen molar-refractivity contribution in [1.29, 1.82) is 0 Å². The second-order valence-electron chi connectivity index (χ2n) is 3.23. The molecule has 1 aromatic carbocycles. The molecule has 1 aromatic rings. The largest absolute Gasteiger partial charge is 0.480 e. The van der Waals surface area contributed by atoms with E-state index < -0.39 is 11.9 Å². The van der Waals surface area contributed by atoms with Crippen LogP contribution < -0.4 is 11.1 Å². The molecule has 0 radical (unpaired) electrons. The summed E-state index contributed by atoms with van der Waals surface area (Å²) in [6, 6.07) is 6.75. The minimum atomic E-state index is -0.992. The third kappa shape index (κ3) is 3.30. The van der Waals surface area contributed by atoms with Crippen molar-refractivity contribution >= 4 is 23.3 Å². The van der Waals surface area contributed by atoms with Gasteiger partial charge in [0.2, 0.25) is 0 Å². The maximum absolute atomic E-state index is 11.2. The Kier molecular flexibility index (Phi) is 4.21. The molecule has 0 spiro atoms. The van der Waals surface area contributed by atoms with Crippen LogP contribution >= 0.6 is 0 Å². The molecule has 0 unspecified atom stereocenters. The lowest BCUT2D eigenvalue weighted by atomic mass is 10.1. The van der Waals surface area contributed by atoms with Crippen LogP contribution in [0.3, 0.4) is 0 Å². The average Bonchev–Trinajstić information content (AvgIpc) is 2.28. The molecule has 0 bridgehead atoms. The van der Waals surface area contributed by atoms with Gasteiger partial charge in [-0.3, -0.25) is 14.6 Å². The quantitative estimate of drug-likeness (QED) is 0.629. The van der Waals surface area contributed by atoms with Crippen LogP contribution in [0.1, 0.15) is 5.56 Å². The molecule has 1 amide bonds. The van der Waals surface area contributed by atoms with Gasteiger partial charge >= 0.3 is 5.97 Å². The van der Waals surface area contributed by atoms with Gasteiger partial charge in [-0.1, -0.05) is 18.2 Å². The van der Waals surface area contributed by atoms with Crippen LogP contribution in [0, 0.1) is 0 Å². The first-order chi connectivity index (χ1) is 8.06. The van der Waals surface area contributed by atoms with Crippen LogP contribution in [0.25, 0.3) is 0 Å². The van der Waals surface area contributed by atoms with E-state index in [0.717, 1.165) is 0 Å². The molecule has 17 heavy (non-hydrogen) atoms. The lowest BCUT2D eigenvalue weighted by Gasteiger charge is -2.10. The number of benzene rings is 1. The summed E-state index contributed by atoms with van der Waals surface area (Å²) >= 11 is 0. The van der Waals surface area contributed by atoms with Gasteiger partial charge in [0.1, 0.15) is 12.3 Å². The number of carbonyl (C=O) groups is 2. The van der Waals surface area contributed by atoms with E-state index in [1.54, 1.807) is 24.3 Å². The number of nitrogens with zero attached hydrogens (tertiary/aromatic N) is 1. The fraction of sp³-hybridized carbons (Fsp3) is 0.182. The molecule has 90 valence electrons. The lowest BCUT2D eigenvalue weighted by molar-refractivity contribution is -0.134. The standard InChI is InChI=1S/C11H13N3O3/c1-13-10(11(12)17)7-4-2-3-5-8(7)14-6-9(15)16/h2-5,14H,6H2,1H3,(H2,12,17)(H,15,16). The van der Waals surface area contributed by atoms with Crippen molar-refractivity contribution in [2.75, 3.05) is 18.9 Å². The molecule has 0 aliphatic heterocycles. The van der Waals surface area contributed by atoms with Gasteiger partial charge in [0.05, 0.1) is 0 Å². The monoisotopic (exact) mass is 235 g/mol. The third-order valence-corrected chi connectivity index (χ3v) is 2.07. The highest BCUT2D eigenvalue weighted by atomic mass is 16.4. The van der Waals surface area contributed by atoms with Crippen LogP contribution in [0.4, 0.5) is 5.69 Å². The first-order valence-electron chi connectivity index (χ1n) is 4.88. The third-order valence-electron chi connectivity index (χ3n) is 2.07. The summed E-state index contributed by atoms with van der Waals surface area (Å²) in [6.45, 7) is -0.243. The second-order valence-corrected chi connectivity index (χ2v) is 3.23. The molecule has 0 atom stereocenters. The Morgan fingerprint density at radius 1 is 1.41 bits per heavy atom. The Labute approximate surface area is 98.2 Å². The average molecular weight is 235 g/mol. The van der Waals surface area contributed by atoms with Gasteiger partial charge in [-0.2, -0.15) is 0 Å². The van der Waals surface area contributed by atoms with E-state index in [9.17, 15) is 9.59 Å². The molecule has 0 saturated carbocycles. The Bertz CT molecular complexity index is 469. The SMILES string of the molecule is CN=C(C(N)=O)c1ccccc1NCC(=O)O. The number of carboxylic acid groups (broad SMARTS) is 1. The highest BCUT2D eigenvalue weighted by Crippen LogP contribution is 2.15. The Morgan fingerprint density at radius 3 is 2.59 bits per heavy atom. The smallest absolute Gasteiger partial charge is 0.322 e. The van der Waals surface area contributed by atoms with Crippen molar-refractivity contribution in [2.45, 2.75) is 0 Å². The fourth-order valence-electron chi connectivity index (χ4n) is 1.38. The number of carboxylic acids is 1. The highest BCUT2D eigenvalue weighted by Gasteiger charge is 2.13. The summed E-state index contributed by atoms with van der Waals surface area (Å²) in [6.07, 6.45) is 0. The number of hydrogen-bond acceptors (Lipinski definition) is 4. The molecule has 0 aromatic heterocycles. The van der Waals surface area contributed by atoms with Crippen LogP contribution in [-0.2, 0) is 9.59 Å². The van der Waals surface area contributed by atoms with Crippen LogP contribution in [0.5, 0.6) is 0 Å². The van der Waals surface area contributed by atoms with E-state index >= 15 is 0 Å². The molecule has 0 saturated heterocycles. The van der Waals surface area contributed by atoms with E-state index in [4.69, 9.17) is 10.8 Å². The van der Waals surface area contributed by atoms with Gasteiger partial charge in [0, 0.05) is 18.3 Å². The number of carbonyl (C=O) groups excluding carboxylic acids is 1. The zero-order chi connectivity index (χ0) is 12.8. The van der Waals surface area contributed by atoms with E-state index in [-0.39, 0.29) is 12.3 Å². The number of aliphatic imine (C=N–C) groups is 1. The normalized spacial score (nSPS) is 11.0. The van der Waals surface area contributed by atoms with Crippen LogP contribution in [0.15, 0.2) is 29.3 Å². The number of nitrogens with one attached hydrogen (secondary N) is 1. The summed E-state index contributed by atoms with van der Waals surface area (Å²) in [5.74, 6) is -1.65. The maximum atomic E-state index is 11.2. The molecule has 0 aliphatic rings. The van der Waals surface area contributed by atoms with Crippen molar-refractivity contribution in [2.24, 2.45) is 10.7 Å². The summed E-state index contributed by atoms with van der Waals surface area (Å²) in [4.78, 5) is 25.4. The Morgan fingerprint density at radius 2 is 2.06 bits per heavy atom. The molecule has 6 heteroatoms. The minimum Gasteiger partial charge on any atom is -0.480 e. The molecule has 6 nitrogen and oxygen atoms in total. The number of nitrogens with two attached hydrogens (primary N) is 1. The number of amides is 1. The van der Waals surface area contributed by atoms with Crippen molar-refractivity contribution in [3.8, 4) is 0 Å². The van der Waals surface area contributed by atoms with Gasteiger partial charge < -0.3 is 16.2 Å². The minimum absolute atomic E-state index is 0.110. The number of hydrogen-bond donors (Lipinski definition) is 3. The van der Waals surface area contributed by atoms with Gasteiger partial charge in [0.25, 0.3) is 5.91 Å². The number of para-hydroxylation sites is 1. The molecule has 0 heterocycles. The second kappa shape index (κ2) is 5.64. The van der Waals surface area contributed by atoms with Crippen molar-refractivity contribution in [3.63, 3.8) is 0 Å².